The Morgan fingerprint density at radius 2 is 1.97 bits per heavy atom. The van der Waals surface area contributed by atoms with Gasteiger partial charge in [-0.05, 0) is 80.8 Å². The van der Waals surface area contributed by atoms with Crippen LogP contribution >= 0.6 is 0 Å². The van der Waals surface area contributed by atoms with Crippen molar-refractivity contribution in [3.05, 3.63) is 58.9 Å². The van der Waals surface area contributed by atoms with E-state index in [-0.39, 0.29) is 23.8 Å². The van der Waals surface area contributed by atoms with E-state index < -0.39 is 6.10 Å². The summed E-state index contributed by atoms with van der Waals surface area (Å²) in [6.45, 7) is 7.78. The van der Waals surface area contributed by atoms with E-state index >= 15 is 0 Å². The molecule has 0 bridgehead atoms. The zero-order chi connectivity index (χ0) is 22.0. The van der Waals surface area contributed by atoms with Crippen LogP contribution in [0.25, 0.3) is 0 Å². The molecule has 1 spiro atoms. The zero-order valence-corrected chi connectivity index (χ0v) is 18.7. The van der Waals surface area contributed by atoms with Gasteiger partial charge in [-0.25, -0.2) is 0 Å². The number of benzene rings is 1. The number of amides is 1. The van der Waals surface area contributed by atoms with E-state index in [9.17, 15) is 15.0 Å². The first-order valence-corrected chi connectivity index (χ1v) is 11.8. The average Bonchev–Trinajstić information content (AvgIpc) is 3.07. The standard InChI is InChI=1S/C26H36N2O3/c1-18-7-3-4-8-22(18)25(31)27-19(2)28-13-11-26(12-14-28)16-20(15-21(30)17-29)23-9-5-6-10-24(23)26/h5-6,9-10,20-21,29-30H,2-4,7-8,11-17H2,1H3,(H,27,31)/t20?,21-/m0/s1. The van der Waals surface area contributed by atoms with Crippen LogP contribution in [-0.2, 0) is 10.2 Å². The molecule has 1 aromatic carbocycles. The number of nitrogens with zero attached hydrogens (tertiary/aromatic N) is 1. The molecule has 1 heterocycles. The monoisotopic (exact) mass is 424 g/mol. The number of piperidine rings is 1. The van der Waals surface area contributed by atoms with Gasteiger partial charge in [-0.15, -0.1) is 0 Å². The fraction of sp³-hybridized carbons (Fsp3) is 0.577. The maximum atomic E-state index is 12.7. The van der Waals surface area contributed by atoms with Crippen molar-refractivity contribution < 1.29 is 15.0 Å². The number of aliphatic hydroxyl groups is 2. The molecule has 0 saturated carbocycles. The fourth-order valence-corrected chi connectivity index (χ4v) is 5.97. The van der Waals surface area contributed by atoms with Crippen molar-refractivity contribution in [2.75, 3.05) is 19.7 Å². The number of hydrogen-bond acceptors (Lipinski definition) is 4. The van der Waals surface area contributed by atoms with Crippen LogP contribution in [0.15, 0.2) is 47.8 Å². The predicted octanol–water partition coefficient (Wildman–Crippen LogP) is 3.73. The molecule has 1 aromatic rings. The lowest BCUT2D eigenvalue weighted by Crippen LogP contribution is -2.44. The first kappa shape index (κ1) is 22.1. The van der Waals surface area contributed by atoms with Gasteiger partial charge in [0, 0.05) is 18.7 Å². The highest BCUT2D eigenvalue weighted by Gasteiger charge is 2.45. The second-order valence-corrected chi connectivity index (χ2v) is 9.69. The van der Waals surface area contributed by atoms with Crippen molar-refractivity contribution in [2.24, 2.45) is 0 Å². The fourth-order valence-electron chi connectivity index (χ4n) is 5.97. The molecular weight excluding hydrogens is 388 g/mol. The molecule has 1 unspecified atom stereocenters. The minimum Gasteiger partial charge on any atom is -0.394 e. The van der Waals surface area contributed by atoms with Crippen LogP contribution in [-0.4, -0.2) is 46.8 Å². The maximum absolute atomic E-state index is 12.7. The van der Waals surface area contributed by atoms with Gasteiger partial charge >= 0.3 is 0 Å². The molecule has 0 radical (unpaired) electrons. The summed E-state index contributed by atoms with van der Waals surface area (Å²) in [5.41, 5.74) is 5.00. The molecule has 2 atom stereocenters. The topological polar surface area (TPSA) is 72.8 Å². The minimum atomic E-state index is -0.666. The second kappa shape index (κ2) is 9.17. The molecule has 5 nitrogen and oxygen atoms in total. The molecule has 1 amide bonds. The summed E-state index contributed by atoms with van der Waals surface area (Å²) >= 11 is 0. The van der Waals surface area contributed by atoms with Crippen LogP contribution < -0.4 is 5.32 Å². The number of aliphatic hydroxyl groups excluding tert-OH is 2. The highest BCUT2D eigenvalue weighted by atomic mass is 16.3. The van der Waals surface area contributed by atoms with E-state index in [4.69, 9.17) is 0 Å². The lowest BCUT2D eigenvalue weighted by Gasteiger charge is -2.42. The SMILES string of the molecule is C=C(NC(=O)C1=C(C)CCCC1)N1CCC2(CC1)CC(C[C@H](O)CO)c1ccccc12. The van der Waals surface area contributed by atoms with Crippen LogP contribution in [0, 0.1) is 0 Å². The van der Waals surface area contributed by atoms with Gasteiger partial charge in [-0.3, -0.25) is 4.79 Å². The van der Waals surface area contributed by atoms with Gasteiger partial charge in [0.15, 0.2) is 0 Å². The van der Waals surface area contributed by atoms with Gasteiger partial charge < -0.3 is 20.4 Å². The van der Waals surface area contributed by atoms with E-state index in [0.717, 1.165) is 57.2 Å². The van der Waals surface area contributed by atoms with Crippen molar-refractivity contribution in [1.29, 1.82) is 0 Å². The Balaban J connectivity index is 1.41. The smallest absolute Gasteiger partial charge is 0.252 e. The van der Waals surface area contributed by atoms with Crippen molar-refractivity contribution in [2.45, 2.75) is 75.7 Å². The van der Waals surface area contributed by atoms with Gasteiger partial charge in [0.2, 0.25) is 0 Å². The molecular formula is C26H36N2O3. The first-order chi connectivity index (χ1) is 14.9. The number of carbonyl (C=O) groups is 1. The van der Waals surface area contributed by atoms with Crippen molar-refractivity contribution in [3.8, 4) is 0 Å². The molecule has 31 heavy (non-hydrogen) atoms. The molecule has 5 heteroatoms. The Kier molecular flexibility index (Phi) is 6.54. The van der Waals surface area contributed by atoms with Gasteiger partial charge in [-0.1, -0.05) is 36.4 Å². The predicted molar refractivity (Wildman–Crippen MR) is 122 cm³/mol. The van der Waals surface area contributed by atoms with Gasteiger partial charge in [0.05, 0.1) is 12.7 Å². The van der Waals surface area contributed by atoms with Crippen molar-refractivity contribution in [1.82, 2.24) is 10.2 Å². The number of fused-ring (bicyclic) bond motifs is 2. The summed E-state index contributed by atoms with van der Waals surface area (Å²) in [6, 6.07) is 8.61. The highest BCUT2D eigenvalue weighted by molar-refractivity contribution is 5.95. The number of allylic oxidation sites excluding steroid dienone is 1. The Morgan fingerprint density at radius 3 is 2.68 bits per heavy atom. The molecule has 2 aliphatic carbocycles. The third-order valence-electron chi connectivity index (χ3n) is 7.75. The van der Waals surface area contributed by atoms with Gasteiger partial charge in [0.25, 0.3) is 5.91 Å². The van der Waals surface area contributed by atoms with Crippen LogP contribution in [0.2, 0.25) is 0 Å². The Bertz CT molecular complexity index is 867. The third kappa shape index (κ3) is 4.44. The Labute approximate surface area is 185 Å². The van der Waals surface area contributed by atoms with Crippen molar-refractivity contribution >= 4 is 5.91 Å². The lowest BCUT2D eigenvalue weighted by atomic mass is 9.73. The molecule has 3 aliphatic rings. The summed E-state index contributed by atoms with van der Waals surface area (Å²) in [5, 5.41) is 22.4. The number of carbonyl (C=O) groups excluding carboxylic acids is 1. The van der Waals surface area contributed by atoms with Crippen LogP contribution in [0.4, 0.5) is 0 Å². The number of hydrogen-bond donors (Lipinski definition) is 3. The summed E-state index contributed by atoms with van der Waals surface area (Å²) in [4.78, 5) is 15.0. The van der Waals surface area contributed by atoms with E-state index in [2.05, 4.69) is 48.0 Å². The van der Waals surface area contributed by atoms with Gasteiger partial charge in [-0.2, -0.15) is 0 Å². The lowest BCUT2D eigenvalue weighted by molar-refractivity contribution is -0.117. The Hall–Kier alpha value is -2.11. The number of likely N-dealkylation sites (tertiary alicyclic amines) is 1. The highest BCUT2D eigenvalue weighted by Crippen LogP contribution is 2.53. The summed E-state index contributed by atoms with van der Waals surface area (Å²) < 4.78 is 0. The number of rotatable bonds is 6. The molecule has 1 saturated heterocycles. The molecule has 1 fully saturated rings. The van der Waals surface area contributed by atoms with Crippen LogP contribution in [0.1, 0.15) is 75.3 Å². The second-order valence-electron chi connectivity index (χ2n) is 9.69. The van der Waals surface area contributed by atoms with E-state index in [1.807, 2.05) is 0 Å². The average molecular weight is 425 g/mol. The zero-order valence-electron chi connectivity index (χ0n) is 18.7. The van der Waals surface area contributed by atoms with Crippen LogP contribution in [0.5, 0.6) is 0 Å². The van der Waals surface area contributed by atoms with Crippen molar-refractivity contribution in [3.63, 3.8) is 0 Å². The van der Waals surface area contributed by atoms with Crippen LogP contribution in [0.3, 0.4) is 0 Å². The Morgan fingerprint density at radius 1 is 1.26 bits per heavy atom. The number of nitrogens with one attached hydrogen (secondary N) is 1. The summed E-state index contributed by atoms with van der Waals surface area (Å²) in [5.74, 6) is 1.02. The molecule has 3 N–H and O–H groups in total. The largest absolute Gasteiger partial charge is 0.394 e. The third-order valence-corrected chi connectivity index (χ3v) is 7.75. The summed E-state index contributed by atoms with van der Waals surface area (Å²) in [6.07, 6.45) is 7.12. The quantitative estimate of drug-likeness (QED) is 0.651. The summed E-state index contributed by atoms with van der Waals surface area (Å²) in [7, 11) is 0. The minimum absolute atomic E-state index is 0.0201. The van der Waals surface area contributed by atoms with Gasteiger partial charge in [0.1, 0.15) is 5.82 Å². The normalized spacial score (nSPS) is 23.6. The molecule has 1 aliphatic heterocycles. The maximum Gasteiger partial charge on any atom is 0.252 e. The first-order valence-electron chi connectivity index (χ1n) is 11.8. The molecule has 0 aromatic heterocycles. The van der Waals surface area contributed by atoms with E-state index in [1.165, 1.54) is 23.1 Å². The van der Waals surface area contributed by atoms with E-state index in [1.54, 1.807) is 0 Å². The molecule has 168 valence electrons. The molecule has 4 rings (SSSR count). The van der Waals surface area contributed by atoms with E-state index in [0.29, 0.717) is 12.2 Å².